The molecule has 0 radical (unpaired) electrons. The standard InChI is InChI=1S/C19H18N2OS/c22-18(21-14-19-20-11-12-23-19)13-17(15-7-3-1-4-8-15)16-9-5-2-6-10-16/h1-12,17H,13-14H2,(H,21,22). The van der Waals surface area contributed by atoms with Gasteiger partial charge in [-0.05, 0) is 11.1 Å². The van der Waals surface area contributed by atoms with Crippen molar-refractivity contribution in [3.63, 3.8) is 0 Å². The molecule has 3 rings (SSSR count). The summed E-state index contributed by atoms with van der Waals surface area (Å²) in [6.45, 7) is 0.493. The molecule has 0 aliphatic carbocycles. The van der Waals surface area contributed by atoms with Gasteiger partial charge in [0.1, 0.15) is 5.01 Å². The molecule has 3 nitrogen and oxygen atoms in total. The number of amides is 1. The Kier molecular flexibility index (Phi) is 5.17. The first-order valence-corrected chi connectivity index (χ1v) is 8.46. The molecule has 0 fully saturated rings. The van der Waals surface area contributed by atoms with Crippen LogP contribution in [0.15, 0.2) is 72.2 Å². The number of rotatable bonds is 6. The van der Waals surface area contributed by atoms with Crippen LogP contribution in [0.5, 0.6) is 0 Å². The van der Waals surface area contributed by atoms with Crippen molar-refractivity contribution < 1.29 is 4.79 Å². The van der Waals surface area contributed by atoms with Crippen molar-refractivity contribution >= 4 is 17.2 Å². The number of thiazole rings is 1. The lowest BCUT2D eigenvalue weighted by Gasteiger charge is -2.17. The van der Waals surface area contributed by atoms with Crippen molar-refractivity contribution in [2.45, 2.75) is 18.9 Å². The highest BCUT2D eigenvalue weighted by atomic mass is 32.1. The van der Waals surface area contributed by atoms with Crippen LogP contribution in [0.4, 0.5) is 0 Å². The molecule has 0 unspecified atom stereocenters. The normalized spacial score (nSPS) is 10.7. The molecular weight excluding hydrogens is 304 g/mol. The minimum absolute atomic E-state index is 0.0397. The molecule has 1 N–H and O–H groups in total. The van der Waals surface area contributed by atoms with E-state index in [4.69, 9.17) is 0 Å². The van der Waals surface area contributed by atoms with Crippen molar-refractivity contribution in [1.82, 2.24) is 10.3 Å². The molecule has 0 saturated carbocycles. The number of aromatic nitrogens is 1. The average molecular weight is 322 g/mol. The van der Waals surface area contributed by atoms with E-state index in [-0.39, 0.29) is 11.8 Å². The highest BCUT2D eigenvalue weighted by molar-refractivity contribution is 7.09. The van der Waals surface area contributed by atoms with Gasteiger partial charge in [-0.1, -0.05) is 60.7 Å². The third-order valence-corrected chi connectivity index (χ3v) is 4.49. The van der Waals surface area contributed by atoms with Crippen LogP contribution in [-0.4, -0.2) is 10.9 Å². The van der Waals surface area contributed by atoms with Crippen molar-refractivity contribution in [1.29, 1.82) is 0 Å². The van der Waals surface area contributed by atoms with Crippen molar-refractivity contribution in [2.24, 2.45) is 0 Å². The first-order chi connectivity index (χ1) is 11.3. The zero-order valence-electron chi connectivity index (χ0n) is 12.7. The second-order valence-electron chi connectivity index (χ2n) is 5.28. The predicted octanol–water partition coefficient (Wildman–Crippen LogP) is 3.98. The topological polar surface area (TPSA) is 42.0 Å². The monoisotopic (exact) mass is 322 g/mol. The molecule has 1 aromatic heterocycles. The zero-order chi connectivity index (χ0) is 15.9. The lowest BCUT2D eigenvalue weighted by atomic mass is 9.88. The molecule has 23 heavy (non-hydrogen) atoms. The Labute approximate surface area is 140 Å². The van der Waals surface area contributed by atoms with Gasteiger partial charge >= 0.3 is 0 Å². The predicted molar refractivity (Wildman–Crippen MR) is 93.3 cm³/mol. The number of hydrogen-bond acceptors (Lipinski definition) is 3. The second-order valence-corrected chi connectivity index (χ2v) is 6.26. The number of nitrogens with one attached hydrogen (secondary N) is 1. The van der Waals surface area contributed by atoms with Gasteiger partial charge in [-0.2, -0.15) is 0 Å². The summed E-state index contributed by atoms with van der Waals surface area (Å²) < 4.78 is 0. The van der Waals surface area contributed by atoms with Gasteiger partial charge in [0.05, 0.1) is 6.54 Å². The van der Waals surface area contributed by atoms with Crippen molar-refractivity contribution in [3.8, 4) is 0 Å². The fraction of sp³-hybridized carbons (Fsp3) is 0.158. The number of carbonyl (C=O) groups is 1. The third-order valence-electron chi connectivity index (χ3n) is 3.71. The third kappa shape index (κ3) is 4.27. The van der Waals surface area contributed by atoms with E-state index in [0.717, 1.165) is 16.1 Å². The van der Waals surface area contributed by atoms with E-state index in [1.54, 1.807) is 17.5 Å². The molecule has 3 aromatic rings. The van der Waals surface area contributed by atoms with E-state index in [1.165, 1.54) is 0 Å². The van der Waals surface area contributed by atoms with Crippen LogP contribution in [0, 0.1) is 0 Å². The summed E-state index contributed by atoms with van der Waals surface area (Å²) in [4.78, 5) is 16.5. The van der Waals surface area contributed by atoms with Crippen molar-refractivity contribution in [2.75, 3.05) is 0 Å². The Morgan fingerprint density at radius 2 is 1.61 bits per heavy atom. The number of benzene rings is 2. The molecule has 0 spiro atoms. The highest BCUT2D eigenvalue weighted by Gasteiger charge is 2.17. The lowest BCUT2D eigenvalue weighted by molar-refractivity contribution is -0.121. The van der Waals surface area contributed by atoms with Gasteiger partial charge in [0, 0.05) is 23.9 Å². The van der Waals surface area contributed by atoms with Crippen LogP contribution in [0.25, 0.3) is 0 Å². The summed E-state index contributed by atoms with van der Waals surface area (Å²) in [5, 5.41) is 5.80. The van der Waals surface area contributed by atoms with Crippen LogP contribution < -0.4 is 5.32 Å². The molecule has 0 bridgehead atoms. The SMILES string of the molecule is O=C(CC(c1ccccc1)c1ccccc1)NCc1nccs1. The maximum atomic E-state index is 12.4. The Balaban J connectivity index is 1.72. The Morgan fingerprint density at radius 3 is 2.13 bits per heavy atom. The summed E-state index contributed by atoms with van der Waals surface area (Å²) in [5.41, 5.74) is 2.31. The minimum Gasteiger partial charge on any atom is -0.350 e. The molecular formula is C19H18N2OS. The average Bonchev–Trinajstić information content (AvgIpc) is 3.13. The Hall–Kier alpha value is -2.46. The number of hydrogen-bond donors (Lipinski definition) is 1. The molecule has 0 aliphatic rings. The van der Waals surface area contributed by atoms with E-state index >= 15 is 0 Å². The summed E-state index contributed by atoms with van der Waals surface area (Å²) in [5.74, 6) is 0.103. The first kappa shape index (κ1) is 15.4. The Bertz CT molecular complexity index is 687. The molecule has 0 atom stereocenters. The molecule has 2 aromatic carbocycles. The van der Waals surface area contributed by atoms with Crippen LogP contribution in [-0.2, 0) is 11.3 Å². The van der Waals surface area contributed by atoms with Gasteiger partial charge in [0.2, 0.25) is 5.91 Å². The van der Waals surface area contributed by atoms with Gasteiger partial charge in [0.15, 0.2) is 0 Å². The molecule has 1 heterocycles. The van der Waals surface area contributed by atoms with Gasteiger partial charge in [-0.25, -0.2) is 4.98 Å². The molecule has 0 aliphatic heterocycles. The maximum Gasteiger partial charge on any atom is 0.221 e. The smallest absolute Gasteiger partial charge is 0.221 e. The van der Waals surface area contributed by atoms with Gasteiger partial charge < -0.3 is 5.32 Å². The summed E-state index contributed by atoms with van der Waals surface area (Å²) in [6, 6.07) is 20.3. The van der Waals surface area contributed by atoms with Crippen LogP contribution in [0.3, 0.4) is 0 Å². The highest BCUT2D eigenvalue weighted by Crippen LogP contribution is 2.27. The fourth-order valence-electron chi connectivity index (χ4n) is 2.57. The van der Waals surface area contributed by atoms with Gasteiger partial charge in [0.25, 0.3) is 0 Å². The van der Waals surface area contributed by atoms with Crippen LogP contribution in [0.1, 0.15) is 28.5 Å². The molecule has 4 heteroatoms. The molecule has 0 saturated heterocycles. The van der Waals surface area contributed by atoms with Gasteiger partial charge in [-0.15, -0.1) is 11.3 Å². The summed E-state index contributed by atoms with van der Waals surface area (Å²) >= 11 is 1.55. The maximum absolute atomic E-state index is 12.4. The molecule has 116 valence electrons. The lowest BCUT2D eigenvalue weighted by Crippen LogP contribution is -2.24. The largest absolute Gasteiger partial charge is 0.350 e. The van der Waals surface area contributed by atoms with Crippen LogP contribution in [0.2, 0.25) is 0 Å². The minimum atomic E-state index is 0.0397. The Morgan fingerprint density at radius 1 is 1.00 bits per heavy atom. The fourth-order valence-corrected chi connectivity index (χ4v) is 3.13. The van der Waals surface area contributed by atoms with Crippen molar-refractivity contribution in [3.05, 3.63) is 88.4 Å². The summed E-state index contributed by atoms with van der Waals surface area (Å²) in [6.07, 6.45) is 2.18. The van der Waals surface area contributed by atoms with E-state index in [9.17, 15) is 4.79 Å². The molecule has 1 amide bonds. The first-order valence-electron chi connectivity index (χ1n) is 7.58. The number of nitrogens with zero attached hydrogens (tertiary/aromatic N) is 1. The summed E-state index contributed by atoms with van der Waals surface area (Å²) in [7, 11) is 0. The zero-order valence-corrected chi connectivity index (χ0v) is 13.5. The van der Waals surface area contributed by atoms with E-state index in [0.29, 0.717) is 13.0 Å². The number of carbonyl (C=O) groups excluding carboxylic acids is 1. The van der Waals surface area contributed by atoms with Crippen LogP contribution >= 0.6 is 11.3 Å². The second kappa shape index (κ2) is 7.70. The van der Waals surface area contributed by atoms with E-state index < -0.39 is 0 Å². The van der Waals surface area contributed by atoms with E-state index in [2.05, 4.69) is 34.6 Å². The quantitative estimate of drug-likeness (QED) is 0.746. The van der Waals surface area contributed by atoms with E-state index in [1.807, 2.05) is 41.8 Å². The van der Waals surface area contributed by atoms with Gasteiger partial charge in [-0.3, -0.25) is 4.79 Å².